The van der Waals surface area contributed by atoms with Crippen LogP contribution in [-0.4, -0.2) is 4.57 Å². The molecule has 1 heteroatoms. The van der Waals surface area contributed by atoms with E-state index >= 15 is 0 Å². The minimum Gasteiger partial charge on any atom is -0.341 e. The Morgan fingerprint density at radius 2 is 0.917 bits per heavy atom. The maximum atomic E-state index is 2.37. The Hall–Kier alpha value is -1.76. The van der Waals surface area contributed by atoms with E-state index in [1.807, 2.05) is 27.7 Å². The molecule has 3 rings (SSSR count). The highest BCUT2D eigenvalue weighted by molar-refractivity contribution is 6.07. The zero-order valence-electron chi connectivity index (χ0n) is 15.5. The Labute approximate surface area is 151 Å². The van der Waals surface area contributed by atoms with Crippen LogP contribution in [0.3, 0.4) is 0 Å². The van der Waals surface area contributed by atoms with Gasteiger partial charge in [-0.3, -0.25) is 0 Å². The van der Waals surface area contributed by atoms with Gasteiger partial charge in [-0.15, -0.1) is 0 Å². The Morgan fingerprint density at radius 3 is 1.21 bits per heavy atom. The van der Waals surface area contributed by atoms with Crippen molar-refractivity contribution in [1.29, 1.82) is 0 Å². The molecule has 138 valence electrons. The predicted octanol–water partition coefficient (Wildman–Crippen LogP) is 8.56. The molecule has 0 saturated carbocycles. The lowest BCUT2D eigenvalue weighted by molar-refractivity contribution is 0.827. The summed E-state index contributed by atoms with van der Waals surface area (Å²) in [6.07, 6.45) is 1.25. The van der Waals surface area contributed by atoms with E-state index < -0.39 is 0 Å². The molecular weight excluding hydrogens is 290 g/mol. The van der Waals surface area contributed by atoms with Crippen molar-refractivity contribution in [3.8, 4) is 0 Å². The number of rotatable bonds is 1. The molecule has 0 atom stereocenters. The number of hydrogen-bond acceptors (Lipinski definition) is 0. The minimum absolute atomic E-state index is 0. The summed E-state index contributed by atoms with van der Waals surface area (Å²) in [4.78, 5) is 0. The van der Waals surface area contributed by atoms with Gasteiger partial charge in [0.1, 0.15) is 0 Å². The highest BCUT2D eigenvalue weighted by Gasteiger charge is 2.06. The van der Waals surface area contributed by atoms with E-state index in [2.05, 4.69) is 73.9 Å². The second kappa shape index (κ2) is 16.1. The molecule has 0 aliphatic heterocycles. The third kappa shape index (κ3) is 6.39. The number of fused-ring (bicyclic) bond motifs is 3. The van der Waals surface area contributed by atoms with Crippen molar-refractivity contribution in [2.75, 3.05) is 0 Å². The van der Waals surface area contributed by atoms with Gasteiger partial charge in [0.25, 0.3) is 0 Å². The van der Waals surface area contributed by atoms with Gasteiger partial charge in [0.2, 0.25) is 0 Å². The molecule has 0 fully saturated rings. The maximum Gasteiger partial charge on any atom is 0.0491 e. The summed E-state index contributed by atoms with van der Waals surface area (Å²) < 4.78 is 2.37. The first-order valence-corrected chi connectivity index (χ1v) is 8.79. The van der Waals surface area contributed by atoms with Crippen LogP contribution in [0.25, 0.3) is 21.8 Å². The van der Waals surface area contributed by atoms with E-state index in [4.69, 9.17) is 0 Å². The fraction of sp³-hybridized carbons (Fsp3) is 0.478. The molecule has 0 aliphatic rings. The molecule has 1 nitrogen and oxygen atoms in total. The lowest BCUT2D eigenvalue weighted by Gasteiger charge is -2.01. The Balaban J connectivity index is -0.000000436. The summed E-state index contributed by atoms with van der Waals surface area (Å²) in [5, 5.41) is 2.71. The summed E-state index contributed by atoms with van der Waals surface area (Å²) in [7, 11) is 0. The van der Waals surface area contributed by atoms with E-state index in [-0.39, 0.29) is 14.9 Å². The first kappa shape index (κ1) is 27.1. The topological polar surface area (TPSA) is 4.93 Å². The predicted molar refractivity (Wildman–Crippen MR) is 117 cm³/mol. The first-order valence-electron chi connectivity index (χ1n) is 8.79. The third-order valence-electron chi connectivity index (χ3n) is 3.00. The van der Waals surface area contributed by atoms with E-state index in [1.165, 1.54) is 28.2 Å². The van der Waals surface area contributed by atoms with Crippen LogP contribution >= 0.6 is 0 Å². The number of aromatic nitrogens is 1. The Morgan fingerprint density at radius 1 is 0.625 bits per heavy atom. The fourth-order valence-corrected chi connectivity index (χ4v) is 2.34. The average Bonchev–Trinajstić information content (AvgIpc) is 2.93. The molecule has 0 bridgehead atoms. The van der Waals surface area contributed by atoms with Crippen molar-refractivity contribution in [3.63, 3.8) is 0 Å². The van der Waals surface area contributed by atoms with Crippen LogP contribution in [0.15, 0.2) is 48.5 Å². The first-order chi connectivity index (χ1) is 10.8. The smallest absolute Gasteiger partial charge is 0.0491 e. The average molecular weight is 332 g/mol. The molecule has 0 saturated heterocycles. The molecule has 0 amide bonds. The van der Waals surface area contributed by atoms with Crippen molar-refractivity contribution in [3.05, 3.63) is 48.5 Å². The molecule has 0 N–H and O–H groups in total. The minimum atomic E-state index is 0. The van der Waals surface area contributed by atoms with Crippen molar-refractivity contribution >= 4 is 21.8 Å². The zero-order chi connectivity index (χ0) is 17.0. The van der Waals surface area contributed by atoms with Gasteiger partial charge in [-0.1, -0.05) is 99.2 Å². The summed E-state index contributed by atoms with van der Waals surface area (Å²) >= 11 is 0. The molecule has 1 aromatic heterocycles. The van der Waals surface area contributed by atoms with Gasteiger partial charge in [0.05, 0.1) is 0 Å². The van der Waals surface area contributed by atoms with Crippen LogP contribution in [0.5, 0.6) is 0 Å². The van der Waals surface area contributed by atoms with Gasteiger partial charge >= 0.3 is 0 Å². The van der Waals surface area contributed by atoms with Crippen LogP contribution in [0.4, 0.5) is 0 Å². The summed E-state index contributed by atoms with van der Waals surface area (Å²) in [6, 6.07) is 17.2. The number of nitrogens with zero attached hydrogens (tertiary/aromatic N) is 1. The van der Waals surface area contributed by atoms with E-state index in [0.29, 0.717) is 0 Å². The van der Waals surface area contributed by atoms with Crippen LogP contribution in [0.2, 0.25) is 0 Å². The number of para-hydroxylation sites is 2. The standard InChI is InChI=1S/C14H13N.C3H8.2C2H6.2CH4/c1-2-15-13-9-5-3-7-11(13)12-8-4-6-10-14(12)15;1-3-2;2*1-2;;/h3-10H,2H2,1H3;3H2,1-2H3;2*1-2H3;2*1H4. The van der Waals surface area contributed by atoms with Crippen LogP contribution < -0.4 is 0 Å². The van der Waals surface area contributed by atoms with Crippen LogP contribution in [-0.2, 0) is 6.54 Å². The second-order valence-electron chi connectivity index (χ2n) is 4.49. The molecule has 0 aliphatic carbocycles. The van der Waals surface area contributed by atoms with E-state index in [1.54, 1.807) is 0 Å². The fourth-order valence-electron chi connectivity index (χ4n) is 2.34. The highest BCUT2D eigenvalue weighted by Crippen LogP contribution is 2.28. The van der Waals surface area contributed by atoms with Gasteiger partial charge in [-0.05, 0) is 19.1 Å². The number of aryl methyl sites for hydroxylation is 1. The normalized spacial score (nSPS) is 8.29. The molecule has 24 heavy (non-hydrogen) atoms. The number of hydrogen-bond donors (Lipinski definition) is 0. The summed E-state index contributed by atoms with van der Waals surface area (Å²) in [6.45, 7) is 15.5. The largest absolute Gasteiger partial charge is 0.341 e. The van der Waals surface area contributed by atoms with E-state index in [9.17, 15) is 0 Å². The SMILES string of the molecule is C.C.CC.CC.CCC.CCn1c2ccccc2c2ccccc21. The lowest BCUT2D eigenvalue weighted by atomic mass is 10.2. The summed E-state index contributed by atoms with van der Waals surface area (Å²) in [5.74, 6) is 0. The Bertz CT molecular complexity index is 581. The van der Waals surface area contributed by atoms with Gasteiger partial charge in [-0.2, -0.15) is 0 Å². The Kier molecular flexibility index (Phi) is 18.2. The quantitative estimate of drug-likeness (QED) is 0.421. The molecule has 0 spiro atoms. The lowest BCUT2D eigenvalue weighted by Crippen LogP contribution is -1.91. The van der Waals surface area contributed by atoms with Crippen molar-refractivity contribution in [2.45, 2.75) is 76.3 Å². The van der Waals surface area contributed by atoms with Crippen molar-refractivity contribution in [2.24, 2.45) is 0 Å². The maximum absolute atomic E-state index is 2.37. The van der Waals surface area contributed by atoms with Gasteiger partial charge in [0, 0.05) is 28.4 Å². The molecule has 3 aromatic rings. The van der Waals surface area contributed by atoms with Crippen LogP contribution in [0, 0.1) is 0 Å². The monoisotopic (exact) mass is 331 g/mol. The number of benzene rings is 2. The van der Waals surface area contributed by atoms with Crippen molar-refractivity contribution < 1.29 is 0 Å². The molecule has 0 unspecified atom stereocenters. The van der Waals surface area contributed by atoms with E-state index in [0.717, 1.165) is 6.54 Å². The molecule has 0 radical (unpaired) electrons. The van der Waals surface area contributed by atoms with Gasteiger partial charge in [-0.25, -0.2) is 0 Å². The summed E-state index contributed by atoms with van der Waals surface area (Å²) in [5.41, 5.74) is 2.67. The molecular formula is C23H41N. The highest BCUT2D eigenvalue weighted by atomic mass is 15.0. The third-order valence-corrected chi connectivity index (χ3v) is 3.00. The van der Waals surface area contributed by atoms with Gasteiger partial charge in [0.15, 0.2) is 0 Å². The molecule has 2 aromatic carbocycles. The van der Waals surface area contributed by atoms with Gasteiger partial charge < -0.3 is 4.57 Å². The van der Waals surface area contributed by atoms with Crippen molar-refractivity contribution in [1.82, 2.24) is 4.57 Å². The zero-order valence-corrected chi connectivity index (χ0v) is 15.5. The van der Waals surface area contributed by atoms with Crippen LogP contribution in [0.1, 0.15) is 69.7 Å². The second-order valence-corrected chi connectivity index (χ2v) is 4.49. The molecule has 1 heterocycles.